The Morgan fingerprint density at radius 3 is 2.23 bits per heavy atom. The summed E-state index contributed by atoms with van der Waals surface area (Å²) < 4.78 is 0. The summed E-state index contributed by atoms with van der Waals surface area (Å²) in [5.74, 6) is -0.462. The van der Waals surface area contributed by atoms with Crippen molar-refractivity contribution in [3.05, 3.63) is 39.9 Å². The maximum Gasteiger partial charge on any atom is 0.271 e. The third-order valence-corrected chi connectivity index (χ3v) is 2.94. The van der Waals surface area contributed by atoms with Gasteiger partial charge >= 0.3 is 0 Å². The minimum absolute atomic E-state index is 0.0262. The van der Waals surface area contributed by atoms with Crippen LogP contribution in [0.25, 0.3) is 0 Å². The maximum atomic E-state index is 11.8. The molecule has 7 heteroatoms. The molecule has 0 radical (unpaired) electrons. The van der Waals surface area contributed by atoms with Crippen molar-refractivity contribution in [3.63, 3.8) is 0 Å². The molecule has 0 unspecified atom stereocenters. The van der Waals surface area contributed by atoms with E-state index in [1.807, 2.05) is 20.8 Å². The number of hydrazone groups is 1. The molecule has 0 atom stereocenters. The number of nitro benzene ring substituents is 1. The van der Waals surface area contributed by atoms with Crippen LogP contribution in [-0.2, 0) is 4.79 Å². The molecule has 118 valence electrons. The van der Waals surface area contributed by atoms with Crippen molar-refractivity contribution in [3.8, 4) is 0 Å². The zero-order valence-electron chi connectivity index (χ0n) is 13.0. The summed E-state index contributed by atoms with van der Waals surface area (Å²) in [6.07, 6.45) is 0.157. The number of benzene rings is 1. The molecule has 0 fully saturated rings. The number of nitro groups is 1. The zero-order chi connectivity index (χ0) is 16.9. The molecule has 0 saturated heterocycles. The van der Waals surface area contributed by atoms with Gasteiger partial charge in [0, 0.05) is 35.2 Å². The van der Waals surface area contributed by atoms with Gasteiger partial charge in [0.2, 0.25) is 0 Å². The molecule has 0 aromatic heterocycles. The number of Topliss-reactive ketones (excluding diaryl/α,β-unsaturated/α-hetero) is 1. The van der Waals surface area contributed by atoms with Crippen LogP contribution in [0.15, 0.2) is 29.4 Å². The van der Waals surface area contributed by atoms with Crippen molar-refractivity contribution in [2.45, 2.75) is 34.1 Å². The fraction of sp³-hybridized carbons (Fsp3) is 0.400. The van der Waals surface area contributed by atoms with Gasteiger partial charge in [0.25, 0.3) is 11.6 Å². The molecule has 1 amide bonds. The van der Waals surface area contributed by atoms with Gasteiger partial charge in [-0.3, -0.25) is 19.7 Å². The quantitative estimate of drug-likeness (QED) is 0.513. The van der Waals surface area contributed by atoms with Crippen LogP contribution >= 0.6 is 0 Å². The summed E-state index contributed by atoms with van der Waals surface area (Å²) in [6.45, 7) is 7.11. The van der Waals surface area contributed by atoms with E-state index in [9.17, 15) is 19.7 Å². The van der Waals surface area contributed by atoms with Crippen molar-refractivity contribution in [2.75, 3.05) is 0 Å². The third-order valence-electron chi connectivity index (χ3n) is 2.94. The molecular formula is C15H19N3O4. The molecule has 1 N–H and O–H groups in total. The fourth-order valence-corrected chi connectivity index (χ4v) is 1.48. The first-order chi connectivity index (χ1) is 10.1. The highest BCUT2D eigenvalue weighted by molar-refractivity contribution is 6.03. The lowest BCUT2D eigenvalue weighted by Crippen LogP contribution is -2.24. The number of amides is 1. The van der Waals surface area contributed by atoms with E-state index in [0.29, 0.717) is 5.71 Å². The maximum absolute atomic E-state index is 11.8. The predicted molar refractivity (Wildman–Crippen MR) is 82.8 cm³/mol. The van der Waals surface area contributed by atoms with Gasteiger partial charge in [-0.05, 0) is 19.1 Å². The average Bonchev–Trinajstić information content (AvgIpc) is 2.43. The lowest BCUT2D eigenvalue weighted by Gasteiger charge is -2.15. The Bertz CT molecular complexity index is 613. The average molecular weight is 305 g/mol. The Balaban J connectivity index is 2.66. The van der Waals surface area contributed by atoms with Gasteiger partial charge in [-0.1, -0.05) is 20.8 Å². The predicted octanol–water partition coefficient (Wildman–Crippen LogP) is 2.71. The Kier molecular flexibility index (Phi) is 5.50. The number of hydrogen-bond acceptors (Lipinski definition) is 5. The van der Waals surface area contributed by atoms with Gasteiger partial charge in [0.05, 0.1) is 4.92 Å². The summed E-state index contributed by atoms with van der Waals surface area (Å²) in [6, 6.07) is 5.18. The van der Waals surface area contributed by atoms with Crippen molar-refractivity contribution < 1.29 is 14.5 Å². The highest BCUT2D eigenvalue weighted by atomic mass is 16.6. The standard InChI is InChI=1S/C15H19N3O4/c1-10(9-13(19)15(2,3)4)16-17-14(20)11-5-7-12(8-6-11)18(21)22/h5-8H,9H2,1-4H3,(H,17,20)/b16-10-. The monoisotopic (exact) mass is 305 g/mol. The minimum Gasteiger partial charge on any atom is -0.299 e. The molecule has 22 heavy (non-hydrogen) atoms. The minimum atomic E-state index is -0.540. The third kappa shape index (κ3) is 5.08. The van der Waals surface area contributed by atoms with Crippen molar-refractivity contribution >= 4 is 23.1 Å². The highest BCUT2D eigenvalue weighted by Gasteiger charge is 2.21. The molecule has 1 aromatic carbocycles. The largest absolute Gasteiger partial charge is 0.299 e. The molecule has 7 nitrogen and oxygen atoms in total. The number of non-ortho nitro benzene ring substituents is 1. The SMILES string of the molecule is C/C(CC(=O)C(C)(C)C)=N/NC(=O)c1ccc([N+](=O)[O-])cc1. The topological polar surface area (TPSA) is 102 Å². The van der Waals surface area contributed by atoms with Crippen LogP contribution in [0.1, 0.15) is 44.5 Å². The van der Waals surface area contributed by atoms with Crippen LogP contribution in [0.2, 0.25) is 0 Å². The zero-order valence-corrected chi connectivity index (χ0v) is 13.0. The van der Waals surface area contributed by atoms with E-state index < -0.39 is 16.2 Å². The molecule has 0 bridgehead atoms. The molecular weight excluding hydrogens is 286 g/mol. The number of rotatable bonds is 5. The second-order valence-electron chi connectivity index (χ2n) is 5.94. The van der Waals surface area contributed by atoms with E-state index in [1.165, 1.54) is 24.3 Å². The van der Waals surface area contributed by atoms with Crippen LogP contribution in [-0.4, -0.2) is 22.3 Å². The lowest BCUT2D eigenvalue weighted by molar-refractivity contribution is -0.384. The molecule has 0 heterocycles. The van der Waals surface area contributed by atoms with E-state index in [2.05, 4.69) is 10.5 Å². The second kappa shape index (κ2) is 6.93. The second-order valence-corrected chi connectivity index (χ2v) is 5.94. The van der Waals surface area contributed by atoms with Gasteiger partial charge < -0.3 is 0 Å². The van der Waals surface area contributed by atoms with E-state index >= 15 is 0 Å². The van der Waals surface area contributed by atoms with Gasteiger partial charge in [0.1, 0.15) is 5.78 Å². The molecule has 1 rings (SSSR count). The van der Waals surface area contributed by atoms with Crippen molar-refractivity contribution in [1.82, 2.24) is 5.43 Å². The summed E-state index contributed by atoms with van der Waals surface area (Å²) in [5, 5.41) is 14.4. The van der Waals surface area contributed by atoms with Crippen LogP contribution in [0.5, 0.6) is 0 Å². The van der Waals surface area contributed by atoms with E-state index in [1.54, 1.807) is 6.92 Å². The van der Waals surface area contributed by atoms with Crippen LogP contribution in [0.4, 0.5) is 5.69 Å². The first-order valence-electron chi connectivity index (χ1n) is 6.72. The summed E-state index contributed by atoms with van der Waals surface area (Å²) in [4.78, 5) is 33.7. The number of nitrogens with one attached hydrogen (secondary N) is 1. The summed E-state index contributed by atoms with van der Waals surface area (Å²) in [7, 11) is 0. The molecule has 0 saturated carbocycles. The number of carbonyl (C=O) groups excluding carboxylic acids is 2. The number of nitrogens with zero attached hydrogens (tertiary/aromatic N) is 2. The molecule has 0 aliphatic rings. The molecule has 0 aliphatic carbocycles. The smallest absolute Gasteiger partial charge is 0.271 e. The van der Waals surface area contributed by atoms with Crippen LogP contribution < -0.4 is 5.43 Å². The van der Waals surface area contributed by atoms with Crippen molar-refractivity contribution in [1.29, 1.82) is 0 Å². The van der Waals surface area contributed by atoms with Gasteiger partial charge in [-0.25, -0.2) is 5.43 Å². The van der Waals surface area contributed by atoms with Crippen LogP contribution in [0.3, 0.4) is 0 Å². The van der Waals surface area contributed by atoms with Gasteiger partial charge in [-0.15, -0.1) is 0 Å². The van der Waals surface area contributed by atoms with Crippen molar-refractivity contribution in [2.24, 2.45) is 10.5 Å². The van der Waals surface area contributed by atoms with Crippen LogP contribution in [0, 0.1) is 15.5 Å². The van der Waals surface area contributed by atoms with E-state index in [0.717, 1.165) is 0 Å². The normalized spacial score (nSPS) is 11.9. The van der Waals surface area contributed by atoms with E-state index in [-0.39, 0.29) is 23.5 Å². The van der Waals surface area contributed by atoms with E-state index in [4.69, 9.17) is 0 Å². The van der Waals surface area contributed by atoms with Gasteiger partial charge in [0.15, 0.2) is 0 Å². The Labute approximate surface area is 128 Å². The number of ketones is 1. The summed E-state index contributed by atoms with van der Waals surface area (Å²) >= 11 is 0. The fourth-order valence-electron chi connectivity index (χ4n) is 1.48. The number of carbonyl (C=O) groups is 2. The Hall–Kier alpha value is -2.57. The first kappa shape index (κ1) is 17.5. The Morgan fingerprint density at radius 1 is 1.23 bits per heavy atom. The molecule has 1 aromatic rings. The molecule has 0 aliphatic heterocycles. The first-order valence-corrected chi connectivity index (χ1v) is 6.72. The molecule has 0 spiro atoms. The summed E-state index contributed by atoms with van der Waals surface area (Å²) in [5.41, 5.74) is 2.53. The Morgan fingerprint density at radius 2 is 1.77 bits per heavy atom. The number of hydrogen-bond donors (Lipinski definition) is 1. The van der Waals surface area contributed by atoms with Gasteiger partial charge in [-0.2, -0.15) is 5.10 Å². The highest BCUT2D eigenvalue weighted by Crippen LogP contribution is 2.17. The lowest BCUT2D eigenvalue weighted by atomic mass is 9.88.